The lowest BCUT2D eigenvalue weighted by molar-refractivity contribution is -0.150. The van der Waals surface area contributed by atoms with E-state index in [0.717, 1.165) is 36.8 Å². The highest BCUT2D eigenvalue weighted by molar-refractivity contribution is 6.30. The van der Waals surface area contributed by atoms with Crippen LogP contribution in [0.3, 0.4) is 0 Å². The summed E-state index contributed by atoms with van der Waals surface area (Å²) in [5, 5.41) is 27.1. The summed E-state index contributed by atoms with van der Waals surface area (Å²) >= 11 is 6.09. The number of allylic oxidation sites excluding steroid dienone is 2. The van der Waals surface area contributed by atoms with Crippen molar-refractivity contribution in [3.05, 3.63) is 70.8 Å². The maximum atomic E-state index is 13.1. The Labute approximate surface area is 282 Å². The number of aliphatic hydroxyl groups is 2. The number of ether oxygens (including phenoxy) is 3. The summed E-state index contributed by atoms with van der Waals surface area (Å²) in [4.78, 5) is 13.1. The van der Waals surface area contributed by atoms with E-state index in [0.29, 0.717) is 24.4 Å². The molecule has 2 aliphatic rings. The average molecular weight is 660 g/mol. The Balaban J connectivity index is 1.81. The lowest BCUT2D eigenvalue weighted by atomic mass is 9.81. The van der Waals surface area contributed by atoms with Gasteiger partial charge in [-0.25, -0.2) is 0 Å². The summed E-state index contributed by atoms with van der Waals surface area (Å²) in [5.41, 5.74) is -0.163. The number of nitrogens with one attached hydrogen (secondary N) is 1. The molecule has 258 valence electrons. The van der Waals surface area contributed by atoms with Gasteiger partial charge >= 0.3 is 5.97 Å². The summed E-state index contributed by atoms with van der Waals surface area (Å²) in [6.45, 7) is 14.4. The molecule has 3 N–H and O–H groups in total. The van der Waals surface area contributed by atoms with Gasteiger partial charge in [-0.2, -0.15) is 0 Å². The third kappa shape index (κ3) is 11.3. The predicted octanol–water partition coefficient (Wildman–Crippen LogP) is 7.34. The van der Waals surface area contributed by atoms with Crippen molar-refractivity contribution in [2.75, 3.05) is 7.11 Å². The van der Waals surface area contributed by atoms with Crippen LogP contribution in [0.4, 0.5) is 0 Å². The van der Waals surface area contributed by atoms with E-state index in [-0.39, 0.29) is 48.1 Å². The lowest BCUT2D eigenvalue weighted by Crippen LogP contribution is -2.51. The van der Waals surface area contributed by atoms with Crippen LogP contribution < -0.4 is 5.32 Å². The van der Waals surface area contributed by atoms with Gasteiger partial charge in [0.05, 0.1) is 29.5 Å². The molecule has 2 aliphatic heterocycles. The molecular weight excluding hydrogens is 602 g/mol. The highest BCUT2D eigenvalue weighted by atomic mass is 35.5. The van der Waals surface area contributed by atoms with Crippen molar-refractivity contribution >= 4 is 17.6 Å². The minimum absolute atomic E-state index is 0.0110. The van der Waals surface area contributed by atoms with Gasteiger partial charge in [0.2, 0.25) is 0 Å². The summed E-state index contributed by atoms with van der Waals surface area (Å²) in [6.07, 6.45) is 13.3. The fourth-order valence-corrected chi connectivity index (χ4v) is 6.40. The number of esters is 1. The zero-order chi connectivity index (χ0) is 34.1. The molecule has 0 spiro atoms. The number of hydrogen-bond donors (Lipinski definition) is 3. The molecule has 1 aromatic rings. The quantitative estimate of drug-likeness (QED) is 0.0882. The first-order valence-electron chi connectivity index (χ1n) is 17.0. The Kier molecular flexibility index (Phi) is 14.6. The largest absolute Gasteiger partial charge is 0.457 e. The second-order valence-electron chi connectivity index (χ2n) is 13.9. The molecule has 7 nitrogen and oxygen atoms in total. The Hall–Kier alpha value is -2.00. The van der Waals surface area contributed by atoms with Gasteiger partial charge in [-0.3, -0.25) is 4.79 Å². The standard InChI is InChI=1S/C38H58ClNO6/c1-9-28-19-21-37(6,42)27(5)14-13-26(4)34(46-33(41)22-28)25(3)12-11-20-38(7,43)36(35-32(45-35)23-31(10-2)44-8)40-24-29-15-17-30(39)18-16-29/h11-18,20,26-28,31-32,34-36,40,42-43H,9-10,19,21-24H2,1-8H3. The maximum absolute atomic E-state index is 13.1. The van der Waals surface area contributed by atoms with E-state index < -0.39 is 17.3 Å². The number of benzene rings is 1. The topological polar surface area (TPSA) is 101 Å². The minimum atomic E-state index is -1.25. The van der Waals surface area contributed by atoms with Crippen molar-refractivity contribution in [2.24, 2.45) is 17.8 Å². The molecule has 1 aromatic carbocycles. The van der Waals surface area contributed by atoms with Crippen LogP contribution in [0.25, 0.3) is 0 Å². The Morgan fingerprint density at radius 1 is 1.24 bits per heavy atom. The van der Waals surface area contributed by atoms with Gasteiger partial charge in [-0.05, 0) is 69.2 Å². The number of cyclic esters (lactones) is 1. The molecule has 1 saturated heterocycles. The summed E-state index contributed by atoms with van der Waals surface area (Å²) in [5.74, 6) is -0.204. The smallest absolute Gasteiger partial charge is 0.306 e. The van der Waals surface area contributed by atoms with E-state index in [1.54, 1.807) is 20.1 Å². The van der Waals surface area contributed by atoms with Crippen LogP contribution in [0.5, 0.6) is 0 Å². The molecule has 0 aromatic heterocycles. The molecule has 10 unspecified atom stereocenters. The number of rotatable bonds is 13. The predicted molar refractivity (Wildman–Crippen MR) is 186 cm³/mol. The number of epoxide rings is 1. The van der Waals surface area contributed by atoms with Crippen LogP contribution >= 0.6 is 11.6 Å². The number of methoxy groups -OCH3 is 1. The molecule has 0 radical (unpaired) electrons. The van der Waals surface area contributed by atoms with Crippen LogP contribution in [-0.2, 0) is 25.5 Å². The Bertz CT molecular complexity index is 1190. The highest BCUT2D eigenvalue weighted by Crippen LogP contribution is 2.36. The van der Waals surface area contributed by atoms with E-state index in [9.17, 15) is 15.0 Å². The highest BCUT2D eigenvalue weighted by Gasteiger charge is 2.51. The molecule has 10 atom stereocenters. The van der Waals surface area contributed by atoms with E-state index in [1.165, 1.54) is 0 Å². The van der Waals surface area contributed by atoms with Crippen molar-refractivity contribution in [3.8, 4) is 0 Å². The van der Waals surface area contributed by atoms with Gasteiger partial charge in [-0.15, -0.1) is 0 Å². The van der Waals surface area contributed by atoms with Crippen LogP contribution in [-0.4, -0.2) is 65.0 Å². The monoisotopic (exact) mass is 659 g/mol. The average Bonchev–Trinajstić information content (AvgIpc) is 3.77. The molecule has 0 saturated carbocycles. The SMILES string of the molecule is CCC1CCC(C)(O)C(C)C=CC(C)C(C(C)=CC=CC(C)(O)C(NCc2ccc(Cl)cc2)C2OC2CC(CC)OC)OC(=O)C1. The van der Waals surface area contributed by atoms with Gasteiger partial charge in [0, 0.05) is 43.4 Å². The van der Waals surface area contributed by atoms with Crippen molar-refractivity contribution in [3.63, 3.8) is 0 Å². The number of halogens is 1. The lowest BCUT2D eigenvalue weighted by Gasteiger charge is -2.32. The molecular formula is C38H58ClNO6. The van der Waals surface area contributed by atoms with Crippen LogP contribution in [0.1, 0.15) is 92.6 Å². The maximum Gasteiger partial charge on any atom is 0.306 e. The van der Waals surface area contributed by atoms with Crippen LogP contribution in [0.2, 0.25) is 5.02 Å². The molecule has 46 heavy (non-hydrogen) atoms. The van der Waals surface area contributed by atoms with Crippen molar-refractivity contribution in [2.45, 2.75) is 135 Å². The normalized spacial score (nSPS) is 32.2. The second-order valence-corrected chi connectivity index (χ2v) is 14.4. The first-order valence-corrected chi connectivity index (χ1v) is 17.4. The fourth-order valence-electron chi connectivity index (χ4n) is 6.27. The van der Waals surface area contributed by atoms with Gasteiger partial charge in [0.25, 0.3) is 0 Å². The molecule has 8 heteroatoms. The molecule has 0 amide bonds. The first kappa shape index (κ1) is 38.4. The van der Waals surface area contributed by atoms with Gasteiger partial charge in [0.15, 0.2) is 0 Å². The Morgan fingerprint density at radius 3 is 2.57 bits per heavy atom. The third-order valence-electron chi connectivity index (χ3n) is 10.1. The number of hydrogen-bond acceptors (Lipinski definition) is 7. The summed E-state index contributed by atoms with van der Waals surface area (Å²) in [7, 11) is 1.72. The van der Waals surface area contributed by atoms with Gasteiger partial charge < -0.3 is 29.7 Å². The van der Waals surface area contributed by atoms with Crippen molar-refractivity contribution < 1.29 is 29.2 Å². The number of carbonyl (C=O) groups is 1. The van der Waals surface area contributed by atoms with Gasteiger partial charge in [-0.1, -0.05) is 88.2 Å². The molecule has 3 rings (SSSR count). The number of carbonyl (C=O) groups excluding carboxylic acids is 1. The van der Waals surface area contributed by atoms with Crippen molar-refractivity contribution in [1.29, 1.82) is 0 Å². The zero-order valence-electron chi connectivity index (χ0n) is 29.2. The van der Waals surface area contributed by atoms with Crippen molar-refractivity contribution in [1.82, 2.24) is 5.32 Å². The summed E-state index contributed by atoms with van der Waals surface area (Å²) < 4.78 is 17.8. The Morgan fingerprint density at radius 2 is 1.93 bits per heavy atom. The van der Waals surface area contributed by atoms with E-state index in [1.807, 2.05) is 76.3 Å². The fraction of sp³-hybridized carbons (Fsp3) is 0.658. The van der Waals surface area contributed by atoms with Crippen LogP contribution in [0, 0.1) is 17.8 Å². The molecule has 2 heterocycles. The molecule has 0 bridgehead atoms. The van der Waals surface area contributed by atoms with E-state index in [2.05, 4.69) is 19.2 Å². The zero-order valence-corrected chi connectivity index (χ0v) is 29.9. The van der Waals surface area contributed by atoms with Crippen LogP contribution in [0.15, 0.2) is 60.2 Å². The minimum Gasteiger partial charge on any atom is -0.457 e. The van der Waals surface area contributed by atoms with Gasteiger partial charge in [0.1, 0.15) is 12.2 Å². The summed E-state index contributed by atoms with van der Waals surface area (Å²) in [6, 6.07) is 7.27. The molecule has 0 aliphatic carbocycles. The van der Waals surface area contributed by atoms with E-state index >= 15 is 0 Å². The second kappa shape index (κ2) is 17.4. The third-order valence-corrected chi connectivity index (χ3v) is 10.3. The molecule has 1 fully saturated rings. The first-order chi connectivity index (χ1) is 21.7. The van der Waals surface area contributed by atoms with E-state index in [4.69, 9.17) is 25.8 Å².